The maximum absolute atomic E-state index is 13.4. The van der Waals surface area contributed by atoms with Crippen LogP contribution in [0.25, 0.3) is 11.4 Å². The highest BCUT2D eigenvalue weighted by Crippen LogP contribution is 2.36. The molecule has 1 aliphatic rings. The Labute approximate surface area is 167 Å². The van der Waals surface area contributed by atoms with Crippen molar-refractivity contribution in [3.8, 4) is 11.4 Å². The van der Waals surface area contributed by atoms with Crippen LogP contribution in [0, 0.1) is 5.82 Å². The molecular weight excluding hydrogens is 373 g/mol. The van der Waals surface area contributed by atoms with E-state index in [0.717, 1.165) is 11.1 Å². The number of benzene rings is 2. The Morgan fingerprint density at radius 2 is 1.83 bits per heavy atom. The van der Waals surface area contributed by atoms with Gasteiger partial charge in [-0.1, -0.05) is 12.1 Å². The summed E-state index contributed by atoms with van der Waals surface area (Å²) in [4.78, 5) is 17.6. The number of nitrogens with zero attached hydrogens (tertiary/aromatic N) is 2. The van der Waals surface area contributed by atoms with Crippen LogP contribution < -0.4 is 11.1 Å². The van der Waals surface area contributed by atoms with E-state index < -0.39 is 5.41 Å². The van der Waals surface area contributed by atoms with Crippen molar-refractivity contribution in [1.29, 1.82) is 0 Å². The number of halogens is 1. The van der Waals surface area contributed by atoms with Crippen molar-refractivity contribution >= 4 is 11.6 Å². The Balaban J connectivity index is 1.55. The van der Waals surface area contributed by atoms with Crippen molar-refractivity contribution in [2.24, 2.45) is 5.73 Å². The molecule has 0 unspecified atom stereocenters. The van der Waals surface area contributed by atoms with Crippen molar-refractivity contribution in [3.05, 3.63) is 65.7 Å². The van der Waals surface area contributed by atoms with E-state index in [2.05, 4.69) is 20.5 Å². The molecule has 2 heterocycles. The van der Waals surface area contributed by atoms with E-state index in [-0.39, 0.29) is 18.3 Å². The molecule has 0 radical (unpaired) electrons. The first-order chi connectivity index (χ1) is 14.1. The maximum Gasteiger partial charge on any atom is 0.235 e. The van der Waals surface area contributed by atoms with E-state index in [4.69, 9.17) is 10.5 Å². The molecule has 2 aromatic carbocycles. The number of nitrogens with one attached hydrogen (secondary N) is 2. The number of hydrogen-bond donors (Lipinski definition) is 3. The van der Waals surface area contributed by atoms with Gasteiger partial charge in [0, 0.05) is 24.5 Å². The number of anilines is 1. The summed E-state index contributed by atoms with van der Waals surface area (Å²) in [5, 5.41) is 9.91. The van der Waals surface area contributed by atoms with Crippen LogP contribution >= 0.6 is 0 Å². The molecule has 8 heteroatoms. The zero-order valence-corrected chi connectivity index (χ0v) is 15.8. The first kappa shape index (κ1) is 19.2. The Morgan fingerprint density at radius 1 is 1.14 bits per heavy atom. The van der Waals surface area contributed by atoms with Crippen LogP contribution in [0.1, 0.15) is 24.2 Å². The predicted molar refractivity (Wildman–Crippen MR) is 106 cm³/mol. The zero-order chi connectivity index (χ0) is 20.3. The summed E-state index contributed by atoms with van der Waals surface area (Å²) in [6, 6.07) is 13.4. The third-order valence-corrected chi connectivity index (χ3v) is 5.30. The van der Waals surface area contributed by atoms with Crippen LogP contribution in [-0.4, -0.2) is 34.3 Å². The van der Waals surface area contributed by atoms with Crippen LogP contribution in [0.2, 0.25) is 0 Å². The summed E-state index contributed by atoms with van der Waals surface area (Å²) in [5.41, 5.74) is 7.09. The Hall–Kier alpha value is -3.10. The molecule has 3 aromatic rings. The molecule has 1 aromatic heterocycles. The van der Waals surface area contributed by atoms with E-state index >= 15 is 0 Å². The van der Waals surface area contributed by atoms with Crippen LogP contribution in [0.15, 0.2) is 48.5 Å². The van der Waals surface area contributed by atoms with Crippen LogP contribution in [0.4, 0.5) is 10.1 Å². The maximum atomic E-state index is 13.4. The fourth-order valence-electron chi connectivity index (χ4n) is 3.60. The molecule has 1 saturated heterocycles. The summed E-state index contributed by atoms with van der Waals surface area (Å²) in [6.07, 6.45) is 1.09. The van der Waals surface area contributed by atoms with Gasteiger partial charge in [0.15, 0.2) is 5.82 Å². The van der Waals surface area contributed by atoms with E-state index in [1.807, 2.05) is 24.3 Å². The molecule has 7 nitrogen and oxygen atoms in total. The van der Waals surface area contributed by atoms with Gasteiger partial charge < -0.3 is 15.8 Å². The van der Waals surface area contributed by atoms with Crippen LogP contribution in [-0.2, 0) is 21.5 Å². The second-order valence-electron chi connectivity index (χ2n) is 7.04. The van der Waals surface area contributed by atoms with Gasteiger partial charge in [0.2, 0.25) is 5.91 Å². The number of ether oxygens (including phenoxy) is 1. The highest BCUT2D eigenvalue weighted by atomic mass is 19.1. The fraction of sp³-hybridized carbons (Fsp3) is 0.286. The molecule has 0 spiro atoms. The smallest absolute Gasteiger partial charge is 0.235 e. The first-order valence-electron chi connectivity index (χ1n) is 9.48. The number of rotatable bonds is 5. The van der Waals surface area contributed by atoms with Gasteiger partial charge in [-0.2, -0.15) is 5.10 Å². The second kappa shape index (κ2) is 8.10. The number of H-pyrrole nitrogens is 1. The van der Waals surface area contributed by atoms with E-state index in [1.54, 1.807) is 12.1 Å². The normalized spacial score (nSPS) is 15.8. The lowest BCUT2D eigenvalue weighted by atomic mass is 9.73. The standard InChI is InChI=1S/C21H22FN5O2/c22-16-5-3-15(4-6-16)21(9-11-29-12-10-21)20(28)24-17-7-1-14(2-8-17)19-25-18(13-23)26-27-19/h1-8H,9-13,23H2,(H,24,28)(H,25,26,27). The lowest BCUT2D eigenvalue weighted by Crippen LogP contribution is -2.44. The highest BCUT2D eigenvalue weighted by molar-refractivity contribution is 5.99. The van der Waals surface area contributed by atoms with E-state index in [0.29, 0.717) is 43.4 Å². The fourth-order valence-corrected chi connectivity index (χ4v) is 3.60. The van der Waals surface area contributed by atoms with E-state index in [9.17, 15) is 9.18 Å². The summed E-state index contributed by atoms with van der Waals surface area (Å²) < 4.78 is 18.9. The molecule has 4 rings (SSSR count). The van der Waals surface area contributed by atoms with Gasteiger partial charge in [0.05, 0.1) is 12.0 Å². The van der Waals surface area contributed by atoms with Crippen molar-refractivity contribution < 1.29 is 13.9 Å². The minimum absolute atomic E-state index is 0.122. The quantitative estimate of drug-likeness (QED) is 0.616. The van der Waals surface area contributed by atoms with Crippen molar-refractivity contribution in [3.63, 3.8) is 0 Å². The molecule has 4 N–H and O–H groups in total. The average Bonchev–Trinajstić information content (AvgIpc) is 3.24. The molecule has 0 aliphatic carbocycles. The lowest BCUT2D eigenvalue weighted by molar-refractivity contribution is -0.125. The highest BCUT2D eigenvalue weighted by Gasteiger charge is 2.41. The lowest BCUT2D eigenvalue weighted by Gasteiger charge is -2.36. The molecular formula is C21H22FN5O2. The third kappa shape index (κ3) is 3.90. The zero-order valence-electron chi connectivity index (χ0n) is 15.8. The van der Waals surface area contributed by atoms with Gasteiger partial charge in [0.25, 0.3) is 0 Å². The number of hydrogen-bond acceptors (Lipinski definition) is 5. The number of carbonyl (C=O) groups excluding carboxylic acids is 1. The SMILES string of the molecule is NCc1nc(-c2ccc(NC(=O)C3(c4ccc(F)cc4)CCOCC3)cc2)n[nH]1. The molecule has 1 fully saturated rings. The van der Waals surface area contributed by atoms with Crippen LogP contribution in [0.5, 0.6) is 0 Å². The Morgan fingerprint density at radius 3 is 2.45 bits per heavy atom. The summed E-state index contributed by atoms with van der Waals surface area (Å²) >= 11 is 0. The average molecular weight is 395 g/mol. The van der Waals surface area contributed by atoms with Crippen molar-refractivity contribution in [2.75, 3.05) is 18.5 Å². The second-order valence-corrected chi connectivity index (χ2v) is 7.04. The molecule has 0 atom stereocenters. The molecule has 0 saturated carbocycles. The first-order valence-corrected chi connectivity index (χ1v) is 9.48. The molecule has 0 bridgehead atoms. The van der Waals surface area contributed by atoms with Gasteiger partial charge in [-0.15, -0.1) is 0 Å². The summed E-state index contributed by atoms with van der Waals surface area (Å²) in [6.45, 7) is 1.26. The van der Waals surface area contributed by atoms with Gasteiger partial charge in [-0.05, 0) is 54.8 Å². The number of carbonyl (C=O) groups is 1. The molecule has 1 aliphatic heterocycles. The minimum Gasteiger partial charge on any atom is -0.381 e. The monoisotopic (exact) mass is 395 g/mol. The number of amides is 1. The Bertz CT molecular complexity index is 979. The van der Waals surface area contributed by atoms with Gasteiger partial charge in [0.1, 0.15) is 11.6 Å². The third-order valence-electron chi connectivity index (χ3n) is 5.30. The van der Waals surface area contributed by atoms with Gasteiger partial charge >= 0.3 is 0 Å². The van der Waals surface area contributed by atoms with Crippen LogP contribution in [0.3, 0.4) is 0 Å². The summed E-state index contributed by atoms with van der Waals surface area (Å²) in [5.74, 6) is 0.717. The Kier molecular flexibility index (Phi) is 5.37. The predicted octanol–water partition coefficient (Wildman–Crippen LogP) is 2.76. The number of nitrogens with two attached hydrogens (primary N) is 1. The molecule has 1 amide bonds. The van der Waals surface area contributed by atoms with Gasteiger partial charge in [-0.25, -0.2) is 9.37 Å². The van der Waals surface area contributed by atoms with Gasteiger partial charge in [-0.3, -0.25) is 9.89 Å². The minimum atomic E-state index is -0.746. The topological polar surface area (TPSA) is 106 Å². The summed E-state index contributed by atoms with van der Waals surface area (Å²) in [7, 11) is 0. The van der Waals surface area contributed by atoms with E-state index in [1.165, 1.54) is 12.1 Å². The number of aromatic nitrogens is 3. The van der Waals surface area contributed by atoms with Crippen molar-refractivity contribution in [1.82, 2.24) is 15.2 Å². The molecule has 150 valence electrons. The largest absolute Gasteiger partial charge is 0.381 e. The molecule has 29 heavy (non-hydrogen) atoms. The number of aromatic amines is 1. The van der Waals surface area contributed by atoms with Crippen molar-refractivity contribution in [2.45, 2.75) is 24.8 Å².